The number of rotatable bonds is 6. The first-order valence-corrected chi connectivity index (χ1v) is 12.1. The molecule has 0 amide bonds. The molecule has 4 aliphatic rings. The zero-order valence-electron chi connectivity index (χ0n) is 19.4. The van der Waals surface area contributed by atoms with E-state index < -0.39 is 35.5 Å². The van der Waals surface area contributed by atoms with Crippen LogP contribution in [0.15, 0.2) is 23.8 Å². The van der Waals surface area contributed by atoms with Gasteiger partial charge in [0.15, 0.2) is 12.4 Å². The van der Waals surface area contributed by atoms with E-state index in [0.717, 1.165) is 24.8 Å². The number of ketones is 2. The minimum atomic E-state index is -1.61. The standard InChI is InChI=1S/C26H36O6/c1-4-5-6-22(30)32-15-21(29)26(31)12-10-19-18-8-7-16-13-17(27)9-11-24(16,2)23(18)20(28)14-25(19,26)3/h9,11,13,18-20,23,28,31H,4-8,10,12,14-15H2,1-3H3. The molecular weight excluding hydrogens is 408 g/mol. The molecular formula is C26H36O6. The minimum absolute atomic E-state index is 0.000356. The summed E-state index contributed by atoms with van der Waals surface area (Å²) in [5, 5.41) is 23.0. The van der Waals surface area contributed by atoms with E-state index in [1.165, 1.54) is 0 Å². The van der Waals surface area contributed by atoms with Crippen molar-refractivity contribution in [3.8, 4) is 0 Å². The number of ether oxygens (including phenoxy) is 1. The number of Topliss-reactive ketones (excluding diaryl/α,β-unsaturated/α-hetero) is 1. The fourth-order valence-corrected chi connectivity index (χ4v) is 7.45. The van der Waals surface area contributed by atoms with Gasteiger partial charge in [-0.05, 0) is 62.5 Å². The Morgan fingerprint density at radius 1 is 1.25 bits per heavy atom. The minimum Gasteiger partial charge on any atom is -0.458 e. The van der Waals surface area contributed by atoms with E-state index in [4.69, 9.17) is 4.74 Å². The van der Waals surface area contributed by atoms with Gasteiger partial charge in [-0.2, -0.15) is 0 Å². The number of hydrogen-bond acceptors (Lipinski definition) is 6. The van der Waals surface area contributed by atoms with Gasteiger partial charge in [0.2, 0.25) is 5.78 Å². The third-order valence-corrected chi connectivity index (χ3v) is 9.21. The summed E-state index contributed by atoms with van der Waals surface area (Å²) in [6, 6.07) is 0. The summed E-state index contributed by atoms with van der Waals surface area (Å²) < 4.78 is 5.18. The normalized spacial score (nSPS) is 42.5. The van der Waals surface area contributed by atoms with E-state index in [1.807, 2.05) is 19.9 Å². The molecule has 3 fully saturated rings. The van der Waals surface area contributed by atoms with E-state index in [0.29, 0.717) is 25.7 Å². The van der Waals surface area contributed by atoms with Crippen molar-refractivity contribution in [3.05, 3.63) is 23.8 Å². The van der Waals surface area contributed by atoms with Crippen molar-refractivity contribution in [2.24, 2.45) is 28.6 Å². The molecule has 6 nitrogen and oxygen atoms in total. The second kappa shape index (κ2) is 8.21. The molecule has 3 saturated carbocycles. The predicted molar refractivity (Wildman–Crippen MR) is 118 cm³/mol. The fourth-order valence-electron chi connectivity index (χ4n) is 7.45. The number of aliphatic hydroxyl groups excluding tert-OH is 1. The molecule has 0 aromatic carbocycles. The number of allylic oxidation sites excluding steroid dienone is 4. The van der Waals surface area contributed by atoms with Crippen molar-refractivity contribution in [1.29, 1.82) is 0 Å². The van der Waals surface area contributed by atoms with Crippen molar-refractivity contribution >= 4 is 17.5 Å². The van der Waals surface area contributed by atoms with Gasteiger partial charge in [-0.25, -0.2) is 0 Å². The summed E-state index contributed by atoms with van der Waals surface area (Å²) in [5.74, 6) is -0.675. The van der Waals surface area contributed by atoms with Gasteiger partial charge in [0.25, 0.3) is 0 Å². The highest BCUT2D eigenvalue weighted by Crippen LogP contribution is 2.67. The first kappa shape index (κ1) is 23.4. The Labute approximate surface area is 190 Å². The summed E-state index contributed by atoms with van der Waals surface area (Å²) in [7, 11) is 0. The van der Waals surface area contributed by atoms with E-state index in [-0.39, 0.29) is 35.4 Å². The molecule has 6 heteroatoms. The fraction of sp³-hybridized carbons (Fsp3) is 0.731. The van der Waals surface area contributed by atoms with Gasteiger partial charge in [-0.3, -0.25) is 14.4 Å². The van der Waals surface area contributed by atoms with Crippen molar-refractivity contribution in [1.82, 2.24) is 0 Å². The van der Waals surface area contributed by atoms with Crippen molar-refractivity contribution in [2.75, 3.05) is 6.61 Å². The molecule has 176 valence electrons. The molecule has 0 spiro atoms. The first-order valence-electron chi connectivity index (χ1n) is 12.1. The second-order valence-electron chi connectivity index (χ2n) is 10.8. The highest BCUT2D eigenvalue weighted by atomic mass is 16.5. The maximum absolute atomic E-state index is 13.1. The lowest BCUT2D eigenvalue weighted by Crippen LogP contribution is -2.61. The smallest absolute Gasteiger partial charge is 0.306 e. The van der Waals surface area contributed by atoms with Crippen LogP contribution >= 0.6 is 0 Å². The van der Waals surface area contributed by atoms with Crippen LogP contribution in [0.1, 0.15) is 72.1 Å². The third-order valence-electron chi connectivity index (χ3n) is 9.21. The van der Waals surface area contributed by atoms with E-state index in [9.17, 15) is 24.6 Å². The molecule has 0 aromatic heterocycles. The van der Waals surface area contributed by atoms with E-state index in [1.54, 1.807) is 12.2 Å². The summed E-state index contributed by atoms with van der Waals surface area (Å²) in [4.78, 5) is 37.0. The zero-order valence-corrected chi connectivity index (χ0v) is 19.4. The highest BCUT2D eigenvalue weighted by Gasteiger charge is 2.68. The third kappa shape index (κ3) is 3.41. The molecule has 0 heterocycles. The van der Waals surface area contributed by atoms with Gasteiger partial charge in [-0.15, -0.1) is 0 Å². The van der Waals surface area contributed by atoms with E-state index in [2.05, 4.69) is 6.92 Å². The quantitative estimate of drug-likeness (QED) is 0.610. The van der Waals surface area contributed by atoms with Gasteiger partial charge in [0.05, 0.1) is 6.10 Å². The number of esters is 1. The molecule has 2 N–H and O–H groups in total. The van der Waals surface area contributed by atoms with Gasteiger partial charge in [0.1, 0.15) is 5.60 Å². The summed E-state index contributed by atoms with van der Waals surface area (Å²) >= 11 is 0. The Bertz CT molecular complexity index is 874. The summed E-state index contributed by atoms with van der Waals surface area (Å²) in [6.45, 7) is 5.59. The Morgan fingerprint density at radius 3 is 2.72 bits per heavy atom. The van der Waals surface area contributed by atoms with Crippen LogP contribution in [0.4, 0.5) is 0 Å². The number of fused-ring (bicyclic) bond motifs is 5. The molecule has 7 atom stereocenters. The molecule has 0 bridgehead atoms. The molecule has 7 unspecified atom stereocenters. The average Bonchev–Trinajstić information content (AvgIpc) is 3.02. The van der Waals surface area contributed by atoms with Crippen LogP contribution in [0.25, 0.3) is 0 Å². The van der Waals surface area contributed by atoms with Crippen molar-refractivity contribution in [3.63, 3.8) is 0 Å². The van der Waals surface area contributed by atoms with Gasteiger partial charge in [0, 0.05) is 23.2 Å². The van der Waals surface area contributed by atoms with Crippen LogP contribution in [-0.2, 0) is 19.1 Å². The van der Waals surface area contributed by atoms with Gasteiger partial charge >= 0.3 is 5.97 Å². The molecule has 0 saturated heterocycles. The summed E-state index contributed by atoms with van der Waals surface area (Å²) in [5.41, 5.74) is -1.68. The van der Waals surface area contributed by atoms with Gasteiger partial charge in [-0.1, -0.05) is 38.8 Å². The molecule has 32 heavy (non-hydrogen) atoms. The van der Waals surface area contributed by atoms with E-state index >= 15 is 0 Å². The first-order chi connectivity index (χ1) is 15.1. The Hall–Kier alpha value is -1.79. The maximum Gasteiger partial charge on any atom is 0.306 e. The number of hydrogen-bond donors (Lipinski definition) is 2. The molecule has 4 aliphatic carbocycles. The monoisotopic (exact) mass is 444 g/mol. The van der Waals surface area contributed by atoms with Crippen LogP contribution in [0.3, 0.4) is 0 Å². The molecule has 0 radical (unpaired) electrons. The SMILES string of the molecule is CCCCC(=O)OCC(=O)C1(O)CCC2C3CCC4=CC(=O)C=CC4(C)C3C(O)CC21C. The number of carbonyl (C=O) groups is 3. The largest absolute Gasteiger partial charge is 0.458 e. The molecule has 4 rings (SSSR count). The van der Waals surface area contributed by atoms with Crippen molar-refractivity contribution in [2.45, 2.75) is 83.8 Å². The maximum atomic E-state index is 13.1. The lowest BCUT2D eigenvalue weighted by Gasteiger charge is -2.59. The Balaban J connectivity index is 1.56. The number of carbonyl (C=O) groups excluding carboxylic acids is 3. The lowest BCUT2D eigenvalue weighted by atomic mass is 9.46. The van der Waals surface area contributed by atoms with Crippen LogP contribution in [0.2, 0.25) is 0 Å². The topological polar surface area (TPSA) is 101 Å². The average molecular weight is 445 g/mol. The number of unbranched alkanes of at least 4 members (excludes halogenated alkanes) is 1. The summed E-state index contributed by atoms with van der Waals surface area (Å²) in [6.07, 6.45) is 9.39. The van der Waals surface area contributed by atoms with Crippen LogP contribution in [0.5, 0.6) is 0 Å². The van der Waals surface area contributed by atoms with Gasteiger partial charge < -0.3 is 14.9 Å². The Morgan fingerprint density at radius 2 is 2.00 bits per heavy atom. The molecule has 0 aliphatic heterocycles. The Kier molecular flexibility index (Phi) is 6.00. The zero-order chi connectivity index (χ0) is 23.3. The lowest BCUT2D eigenvalue weighted by molar-refractivity contribution is -0.181. The highest BCUT2D eigenvalue weighted by molar-refractivity contribution is 6.01. The van der Waals surface area contributed by atoms with Crippen molar-refractivity contribution < 1.29 is 29.3 Å². The number of aliphatic hydroxyl groups is 2. The van der Waals surface area contributed by atoms with Crippen LogP contribution < -0.4 is 0 Å². The predicted octanol–water partition coefficient (Wildman–Crippen LogP) is 3.30. The van der Waals surface area contributed by atoms with Crippen LogP contribution in [0, 0.1) is 28.6 Å². The molecule has 0 aromatic rings. The van der Waals surface area contributed by atoms with Crippen LogP contribution in [-0.4, -0.2) is 46.1 Å². The second-order valence-corrected chi connectivity index (χ2v) is 10.8.